The molecule has 1 unspecified atom stereocenters. The standard InChI is InChI=1S/C35H34Cl2N2O9S/c1-19(2)34(42)47-20(3)48-35(43)28(15-21-6-5-7-25(14-21)49(4,44)45)38-32(40)30-27(36)16-24-18-39(12-10-26(24)31(30)37)33(41)23-9-8-22-11-13-46-29(22)17-23/h5-9,11,13-14,16-17,19-20,28H,10,12,15,18H2,1-4H3,(H,38,40)/t20?,28-/m0/s1. The Kier molecular flexibility index (Phi) is 10.7. The summed E-state index contributed by atoms with van der Waals surface area (Å²) in [5, 5.41) is 3.58. The predicted octanol–water partition coefficient (Wildman–Crippen LogP) is 5.77. The van der Waals surface area contributed by atoms with Crippen LogP contribution in [0.3, 0.4) is 0 Å². The zero-order valence-electron chi connectivity index (χ0n) is 27.1. The van der Waals surface area contributed by atoms with Gasteiger partial charge in [-0.25, -0.2) is 13.2 Å². The summed E-state index contributed by atoms with van der Waals surface area (Å²) in [6.45, 7) is 5.13. The van der Waals surface area contributed by atoms with Gasteiger partial charge >= 0.3 is 11.9 Å². The van der Waals surface area contributed by atoms with Crippen molar-refractivity contribution in [1.82, 2.24) is 10.2 Å². The molecule has 0 saturated carbocycles. The molecule has 1 aliphatic heterocycles. The van der Waals surface area contributed by atoms with Crippen LogP contribution in [-0.4, -0.2) is 62.2 Å². The molecule has 0 fully saturated rings. The Hall–Kier alpha value is -4.39. The summed E-state index contributed by atoms with van der Waals surface area (Å²) in [7, 11) is -3.56. The van der Waals surface area contributed by atoms with E-state index >= 15 is 0 Å². The molecule has 11 nitrogen and oxygen atoms in total. The molecule has 2 atom stereocenters. The minimum atomic E-state index is -3.56. The molecule has 1 aromatic heterocycles. The number of halogens is 2. The van der Waals surface area contributed by atoms with Gasteiger partial charge in [0.1, 0.15) is 11.6 Å². The van der Waals surface area contributed by atoms with Crippen LogP contribution in [0, 0.1) is 5.92 Å². The molecule has 258 valence electrons. The number of fused-ring (bicyclic) bond motifs is 2. The molecule has 2 amide bonds. The number of amides is 2. The van der Waals surface area contributed by atoms with Crippen LogP contribution >= 0.6 is 23.2 Å². The number of carbonyl (C=O) groups excluding carboxylic acids is 4. The summed E-state index contributed by atoms with van der Waals surface area (Å²) < 4.78 is 40.3. The topological polar surface area (TPSA) is 149 Å². The van der Waals surface area contributed by atoms with Gasteiger partial charge in [-0.3, -0.25) is 14.4 Å². The number of hydrogen-bond donors (Lipinski definition) is 1. The number of carbonyl (C=O) groups is 4. The molecule has 5 rings (SSSR count). The Balaban J connectivity index is 1.38. The second kappa shape index (κ2) is 14.6. The second-order valence-electron chi connectivity index (χ2n) is 12.1. The third-order valence-electron chi connectivity index (χ3n) is 8.01. The zero-order valence-corrected chi connectivity index (χ0v) is 29.4. The fourth-order valence-corrected chi connectivity index (χ4v) is 6.89. The molecule has 0 aliphatic carbocycles. The molecule has 1 N–H and O–H groups in total. The summed E-state index contributed by atoms with van der Waals surface area (Å²) in [5.41, 5.74) is 2.70. The highest BCUT2D eigenvalue weighted by Crippen LogP contribution is 2.35. The van der Waals surface area contributed by atoms with Crippen molar-refractivity contribution in [2.24, 2.45) is 5.92 Å². The Morgan fingerprint density at radius 1 is 0.980 bits per heavy atom. The maximum Gasteiger partial charge on any atom is 0.332 e. The van der Waals surface area contributed by atoms with Crippen molar-refractivity contribution in [3.63, 3.8) is 0 Å². The highest BCUT2D eigenvalue weighted by Gasteiger charge is 2.31. The number of sulfone groups is 1. The third-order valence-corrected chi connectivity index (χ3v) is 9.84. The van der Waals surface area contributed by atoms with E-state index in [4.69, 9.17) is 37.1 Å². The smallest absolute Gasteiger partial charge is 0.332 e. The average Bonchev–Trinajstić information content (AvgIpc) is 3.51. The van der Waals surface area contributed by atoms with Gasteiger partial charge in [0.25, 0.3) is 11.8 Å². The van der Waals surface area contributed by atoms with Crippen molar-refractivity contribution >= 4 is 67.8 Å². The van der Waals surface area contributed by atoms with Gasteiger partial charge in [-0.15, -0.1) is 0 Å². The molecule has 3 aromatic carbocycles. The quantitative estimate of drug-likeness (QED) is 0.159. The molecule has 4 aromatic rings. The van der Waals surface area contributed by atoms with Gasteiger partial charge in [0, 0.05) is 43.6 Å². The Labute approximate surface area is 293 Å². The van der Waals surface area contributed by atoms with Gasteiger partial charge in [-0.2, -0.15) is 0 Å². The first kappa shape index (κ1) is 35.9. The van der Waals surface area contributed by atoms with Crippen molar-refractivity contribution in [2.75, 3.05) is 12.8 Å². The summed E-state index contributed by atoms with van der Waals surface area (Å²) in [4.78, 5) is 54.2. The first-order chi connectivity index (χ1) is 23.1. The van der Waals surface area contributed by atoms with Gasteiger partial charge in [-0.1, -0.05) is 55.2 Å². The molecule has 14 heteroatoms. The lowest BCUT2D eigenvalue weighted by Gasteiger charge is -2.30. The molecule has 0 spiro atoms. The first-order valence-corrected chi connectivity index (χ1v) is 18.0. The summed E-state index contributed by atoms with van der Waals surface area (Å²) in [5.74, 6) is -2.98. The first-order valence-electron chi connectivity index (χ1n) is 15.4. The van der Waals surface area contributed by atoms with E-state index < -0.39 is 45.9 Å². The van der Waals surface area contributed by atoms with Crippen molar-refractivity contribution < 1.29 is 41.5 Å². The lowest BCUT2D eigenvalue weighted by atomic mass is 9.95. The van der Waals surface area contributed by atoms with Crippen molar-refractivity contribution in [3.05, 3.63) is 98.7 Å². The van der Waals surface area contributed by atoms with Gasteiger partial charge in [0.05, 0.1) is 32.7 Å². The van der Waals surface area contributed by atoms with Crippen LogP contribution in [0.15, 0.2) is 70.2 Å². The van der Waals surface area contributed by atoms with E-state index in [9.17, 15) is 27.6 Å². The number of furan rings is 1. The van der Waals surface area contributed by atoms with Crippen LogP contribution in [0.1, 0.15) is 58.2 Å². The van der Waals surface area contributed by atoms with E-state index in [1.807, 2.05) is 12.1 Å². The Bertz CT molecular complexity index is 2060. The van der Waals surface area contributed by atoms with Gasteiger partial charge in [0.15, 0.2) is 9.84 Å². The molecule has 0 radical (unpaired) electrons. The van der Waals surface area contributed by atoms with Crippen molar-refractivity contribution in [2.45, 2.75) is 57.4 Å². The highest BCUT2D eigenvalue weighted by atomic mass is 35.5. The lowest BCUT2D eigenvalue weighted by molar-refractivity contribution is -0.188. The zero-order chi connectivity index (χ0) is 35.6. The number of benzene rings is 3. The summed E-state index contributed by atoms with van der Waals surface area (Å²) in [6, 6.07) is 13.2. The molecular formula is C35H34Cl2N2O9S. The van der Waals surface area contributed by atoms with E-state index in [1.54, 1.807) is 49.3 Å². The molecular weight excluding hydrogens is 695 g/mol. The van der Waals surface area contributed by atoms with Crippen LogP contribution in [0.2, 0.25) is 10.0 Å². The SMILES string of the molecule is CC(OC(=O)C(C)C)OC(=O)[C@H](Cc1cccc(S(C)(=O)=O)c1)NC(=O)c1c(Cl)cc2c(c1Cl)CCN(C(=O)c1ccc3ccoc3c1)C2. The molecule has 0 saturated heterocycles. The van der Waals surface area contributed by atoms with E-state index in [0.717, 1.165) is 11.6 Å². The monoisotopic (exact) mass is 728 g/mol. The van der Waals surface area contributed by atoms with E-state index in [0.29, 0.717) is 40.8 Å². The minimum absolute atomic E-state index is 0.00187. The minimum Gasteiger partial charge on any atom is -0.464 e. The van der Waals surface area contributed by atoms with E-state index in [1.165, 1.54) is 25.1 Å². The number of nitrogens with zero attached hydrogens (tertiary/aromatic N) is 1. The van der Waals surface area contributed by atoms with Crippen molar-refractivity contribution in [1.29, 1.82) is 0 Å². The highest BCUT2D eigenvalue weighted by molar-refractivity contribution is 7.90. The predicted molar refractivity (Wildman–Crippen MR) is 182 cm³/mol. The molecule has 49 heavy (non-hydrogen) atoms. The number of nitrogens with one attached hydrogen (secondary N) is 1. The molecule has 1 aliphatic rings. The fraction of sp³-hybridized carbons (Fsp3) is 0.314. The van der Waals surface area contributed by atoms with Crippen molar-refractivity contribution in [3.8, 4) is 0 Å². The van der Waals surface area contributed by atoms with Crippen LogP contribution in [0.4, 0.5) is 0 Å². The Morgan fingerprint density at radius 3 is 2.43 bits per heavy atom. The molecule has 0 bridgehead atoms. The summed E-state index contributed by atoms with van der Waals surface area (Å²) in [6.07, 6.45) is 1.51. The number of hydrogen-bond acceptors (Lipinski definition) is 9. The summed E-state index contributed by atoms with van der Waals surface area (Å²) >= 11 is 13.4. The number of esters is 2. The second-order valence-corrected chi connectivity index (χ2v) is 14.9. The maximum absolute atomic E-state index is 13.8. The molecule has 2 heterocycles. The van der Waals surface area contributed by atoms with Gasteiger partial charge < -0.3 is 24.1 Å². The van der Waals surface area contributed by atoms with Gasteiger partial charge in [0.2, 0.25) is 6.29 Å². The maximum atomic E-state index is 13.8. The van der Waals surface area contributed by atoms with Crippen LogP contribution in [-0.2, 0) is 48.3 Å². The van der Waals surface area contributed by atoms with Crippen LogP contribution in [0.25, 0.3) is 11.0 Å². The van der Waals surface area contributed by atoms with Crippen LogP contribution < -0.4 is 5.32 Å². The van der Waals surface area contributed by atoms with E-state index in [-0.39, 0.29) is 39.4 Å². The van der Waals surface area contributed by atoms with E-state index in [2.05, 4.69) is 5.32 Å². The lowest BCUT2D eigenvalue weighted by Crippen LogP contribution is -2.45. The normalized spacial score (nSPS) is 14.2. The Morgan fingerprint density at radius 2 is 1.71 bits per heavy atom. The fourth-order valence-electron chi connectivity index (χ4n) is 5.44. The van der Waals surface area contributed by atoms with Gasteiger partial charge in [-0.05, 0) is 59.5 Å². The largest absolute Gasteiger partial charge is 0.464 e. The number of rotatable bonds is 10. The number of ether oxygens (including phenoxy) is 2. The van der Waals surface area contributed by atoms with Crippen LogP contribution in [0.5, 0.6) is 0 Å². The average molecular weight is 730 g/mol. The third kappa shape index (κ3) is 8.26.